The van der Waals surface area contributed by atoms with Crippen LogP contribution in [0.4, 0.5) is 0 Å². The molecule has 1 aromatic rings. The number of benzene rings is 1. The number of carbonyl (C=O) groups excluding carboxylic acids is 2. The van der Waals surface area contributed by atoms with Crippen LogP contribution in [0, 0.1) is 16.0 Å². The highest BCUT2D eigenvalue weighted by atomic mass is 16.6. The number of hydrogen-bond donors (Lipinski definition) is 0. The van der Waals surface area contributed by atoms with E-state index in [-0.39, 0.29) is 13.2 Å². The van der Waals surface area contributed by atoms with Gasteiger partial charge in [0.1, 0.15) is 5.75 Å². The second-order valence-corrected chi connectivity index (χ2v) is 4.85. The molecule has 8 heteroatoms. The summed E-state index contributed by atoms with van der Waals surface area (Å²) in [5.74, 6) is -3.86. The zero-order valence-corrected chi connectivity index (χ0v) is 13.9. The Kier molecular flexibility index (Phi) is 7.67. The zero-order valence-electron chi connectivity index (χ0n) is 13.9. The third-order valence-corrected chi connectivity index (χ3v) is 3.37. The molecule has 1 aromatic carbocycles. The monoisotopic (exact) mass is 339 g/mol. The van der Waals surface area contributed by atoms with Crippen molar-refractivity contribution in [1.29, 1.82) is 0 Å². The Morgan fingerprint density at radius 2 is 1.67 bits per heavy atom. The van der Waals surface area contributed by atoms with Crippen LogP contribution in [-0.2, 0) is 19.1 Å². The van der Waals surface area contributed by atoms with E-state index in [0.29, 0.717) is 11.3 Å². The Hall–Kier alpha value is -2.64. The molecule has 0 amide bonds. The lowest BCUT2D eigenvalue weighted by Gasteiger charge is -2.23. The average Bonchev–Trinajstić information content (AvgIpc) is 2.54. The molecule has 0 aliphatic carbocycles. The highest BCUT2D eigenvalue weighted by Crippen LogP contribution is 2.33. The summed E-state index contributed by atoms with van der Waals surface area (Å²) in [5.41, 5.74) is 0.378. The van der Waals surface area contributed by atoms with E-state index >= 15 is 0 Å². The van der Waals surface area contributed by atoms with Crippen molar-refractivity contribution in [1.82, 2.24) is 0 Å². The van der Waals surface area contributed by atoms with Crippen molar-refractivity contribution in [2.75, 3.05) is 26.9 Å². The topological polar surface area (TPSA) is 105 Å². The number of ether oxygens (including phenoxy) is 3. The molecule has 0 spiro atoms. The molecule has 0 N–H and O–H groups in total. The molecule has 8 nitrogen and oxygen atoms in total. The number of rotatable bonds is 9. The number of carbonyl (C=O) groups is 2. The van der Waals surface area contributed by atoms with E-state index in [1.54, 1.807) is 38.1 Å². The molecule has 132 valence electrons. The van der Waals surface area contributed by atoms with Gasteiger partial charge in [0.15, 0.2) is 5.92 Å². The molecular weight excluding hydrogens is 318 g/mol. The summed E-state index contributed by atoms with van der Waals surface area (Å²) in [6, 6.07) is 6.53. The van der Waals surface area contributed by atoms with Crippen molar-refractivity contribution < 1.29 is 28.7 Å². The van der Waals surface area contributed by atoms with Crippen LogP contribution in [0.2, 0.25) is 0 Å². The van der Waals surface area contributed by atoms with Crippen LogP contribution in [0.1, 0.15) is 25.3 Å². The molecule has 0 saturated heterocycles. The number of methoxy groups -OCH3 is 1. The summed E-state index contributed by atoms with van der Waals surface area (Å²) in [5, 5.41) is 11.1. The van der Waals surface area contributed by atoms with Gasteiger partial charge >= 0.3 is 11.9 Å². The van der Waals surface area contributed by atoms with Crippen molar-refractivity contribution in [3.8, 4) is 5.75 Å². The maximum atomic E-state index is 12.3. The van der Waals surface area contributed by atoms with Gasteiger partial charge in [0.2, 0.25) is 6.54 Å². The van der Waals surface area contributed by atoms with Gasteiger partial charge in [-0.15, -0.1) is 0 Å². The molecule has 0 unspecified atom stereocenters. The smallest absolute Gasteiger partial charge is 0.321 e. The summed E-state index contributed by atoms with van der Waals surface area (Å²) < 4.78 is 15.1. The third-order valence-electron chi connectivity index (χ3n) is 3.37. The summed E-state index contributed by atoms with van der Waals surface area (Å²) in [6.45, 7) is 2.64. The number of nitro groups is 1. The average molecular weight is 339 g/mol. The van der Waals surface area contributed by atoms with Crippen LogP contribution < -0.4 is 4.74 Å². The first-order valence-electron chi connectivity index (χ1n) is 7.54. The first-order valence-corrected chi connectivity index (χ1v) is 7.54. The molecule has 0 bridgehead atoms. The van der Waals surface area contributed by atoms with Gasteiger partial charge in [-0.25, -0.2) is 0 Å². The molecule has 0 radical (unpaired) electrons. The fourth-order valence-electron chi connectivity index (χ4n) is 2.41. The van der Waals surface area contributed by atoms with Crippen LogP contribution in [0.3, 0.4) is 0 Å². The number of esters is 2. The van der Waals surface area contributed by atoms with Crippen molar-refractivity contribution in [3.05, 3.63) is 39.9 Å². The van der Waals surface area contributed by atoms with E-state index in [0.717, 1.165) is 0 Å². The van der Waals surface area contributed by atoms with E-state index in [4.69, 9.17) is 14.2 Å². The fourth-order valence-corrected chi connectivity index (χ4v) is 2.41. The minimum absolute atomic E-state index is 0.0475. The first kappa shape index (κ1) is 19.4. The lowest BCUT2D eigenvalue weighted by Crippen LogP contribution is -2.36. The Morgan fingerprint density at radius 3 is 2.12 bits per heavy atom. The van der Waals surface area contributed by atoms with E-state index in [2.05, 4.69) is 0 Å². The SMILES string of the molecule is CCOC(=O)C(C(=O)OCC)[C@@H](C[N+](=O)[O-])c1ccccc1OC. The number of para-hydroxylation sites is 1. The van der Waals surface area contributed by atoms with Crippen molar-refractivity contribution in [2.24, 2.45) is 5.92 Å². The second-order valence-electron chi connectivity index (χ2n) is 4.85. The van der Waals surface area contributed by atoms with Gasteiger partial charge in [-0.2, -0.15) is 0 Å². The first-order chi connectivity index (χ1) is 11.5. The van der Waals surface area contributed by atoms with Crippen LogP contribution in [-0.4, -0.2) is 43.7 Å². The normalized spacial score (nSPS) is 11.7. The summed E-state index contributed by atoms with van der Waals surface area (Å²) >= 11 is 0. The van der Waals surface area contributed by atoms with Crippen molar-refractivity contribution in [3.63, 3.8) is 0 Å². The zero-order chi connectivity index (χ0) is 18.1. The Bertz CT molecular complexity index is 570. The standard InChI is InChI=1S/C16H21NO7/c1-4-23-15(18)14(16(19)24-5-2)12(10-17(20)21)11-8-6-7-9-13(11)22-3/h6-9,12,14H,4-5,10H2,1-3H3/t12-/m0/s1. The van der Waals surface area contributed by atoms with Gasteiger partial charge in [0, 0.05) is 10.5 Å². The molecule has 0 aliphatic heterocycles. The molecular formula is C16H21NO7. The highest BCUT2D eigenvalue weighted by molar-refractivity contribution is 5.96. The lowest BCUT2D eigenvalue weighted by atomic mass is 9.85. The van der Waals surface area contributed by atoms with Crippen molar-refractivity contribution >= 4 is 11.9 Å². The van der Waals surface area contributed by atoms with Gasteiger partial charge in [-0.3, -0.25) is 19.7 Å². The maximum absolute atomic E-state index is 12.3. The molecule has 0 aliphatic rings. The predicted octanol–water partition coefficient (Wildman–Crippen LogP) is 1.80. The van der Waals surface area contributed by atoms with Gasteiger partial charge < -0.3 is 14.2 Å². The van der Waals surface area contributed by atoms with Crippen LogP contribution in [0.25, 0.3) is 0 Å². The number of nitrogens with zero attached hydrogens (tertiary/aromatic N) is 1. The molecule has 1 atom stereocenters. The van der Waals surface area contributed by atoms with Gasteiger partial charge in [0.25, 0.3) is 0 Å². The van der Waals surface area contributed by atoms with Crippen molar-refractivity contribution in [2.45, 2.75) is 19.8 Å². The van der Waals surface area contributed by atoms with E-state index in [9.17, 15) is 19.7 Å². The van der Waals surface area contributed by atoms with Gasteiger partial charge in [0.05, 0.1) is 26.2 Å². The largest absolute Gasteiger partial charge is 0.496 e. The molecule has 1 rings (SSSR count). The molecule has 0 aromatic heterocycles. The van der Waals surface area contributed by atoms with Gasteiger partial charge in [-0.05, 0) is 19.9 Å². The van der Waals surface area contributed by atoms with Crippen LogP contribution in [0.5, 0.6) is 5.75 Å². The van der Waals surface area contributed by atoms with Gasteiger partial charge in [-0.1, -0.05) is 18.2 Å². The lowest BCUT2D eigenvalue weighted by molar-refractivity contribution is -0.484. The summed E-state index contributed by atoms with van der Waals surface area (Å²) in [6.07, 6.45) is 0. The fraction of sp³-hybridized carbons (Fsp3) is 0.500. The second kappa shape index (κ2) is 9.49. The van der Waals surface area contributed by atoms with E-state index in [1.165, 1.54) is 7.11 Å². The third kappa shape index (κ3) is 4.94. The summed E-state index contributed by atoms with van der Waals surface area (Å²) in [4.78, 5) is 35.1. The quantitative estimate of drug-likeness (QED) is 0.292. The summed E-state index contributed by atoms with van der Waals surface area (Å²) in [7, 11) is 1.41. The molecule has 0 saturated carbocycles. The predicted molar refractivity (Wildman–Crippen MR) is 84.4 cm³/mol. The molecule has 0 fully saturated rings. The highest BCUT2D eigenvalue weighted by Gasteiger charge is 2.42. The van der Waals surface area contributed by atoms with E-state index in [1.807, 2.05) is 0 Å². The van der Waals surface area contributed by atoms with Crippen LogP contribution in [0.15, 0.2) is 24.3 Å². The Morgan fingerprint density at radius 1 is 1.12 bits per heavy atom. The van der Waals surface area contributed by atoms with Crippen LogP contribution >= 0.6 is 0 Å². The van der Waals surface area contributed by atoms with E-state index < -0.39 is 35.2 Å². The Labute approximate surface area is 139 Å². The maximum Gasteiger partial charge on any atom is 0.321 e. The minimum atomic E-state index is -1.44. The number of hydrogen-bond acceptors (Lipinski definition) is 7. The Balaban J connectivity index is 3.37. The molecule has 24 heavy (non-hydrogen) atoms. The minimum Gasteiger partial charge on any atom is -0.496 e. The molecule has 0 heterocycles.